The van der Waals surface area contributed by atoms with Crippen molar-refractivity contribution in [2.75, 3.05) is 18.5 Å². The van der Waals surface area contributed by atoms with E-state index in [2.05, 4.69) is 5.32 Å². The fourth-order valence-corrected chi connectivity index (χ4v) is 1.92. The average Bonchev–Trinajstić information content (AvgIpc) is 2.53. The van der Waals surface area contributed by atoms with Crippen LogP contribution in [0.4, 0.5) is 11.4 Å². The van der Waals surface area contributed by atoms with Crippen LogP contribution >= 0.6 is 0 Å². The number of nitro benzene ring substituents is 1. The van der Waals surface area contributed by atoms with Crippen molar-refractivity contribution in [1.29, 1.82) is 5.26 Å². The van der Waals surface area contributed by atoms with E-state index in [1.807, 2.05) is 19.1 Å². The number of aryl methyl sites for hydroxylation is 1. The SMILES string of the molecule is Cc1ccc(NCCOc2ccc(C#N)cc2)c([N+](=O)[O-])c1. The third kappa shape index (κ3) is 3.96. The Hall–Kier alpha value is -3.07. The highest BCUT2D eigenvalue weighted by Gasteiger charge is 2.12. The van der Waals surface area contributed by atoms with Crippen LogP contribution in [0.2, 0.25) is 0 Å². The summed E-state index contributed by atoms with van der Waals surface area (Å²) in [6.07, 6.45) is 0. The molecule has 6 nitrogen and oxygen atoms in total. The van der Waals surface area contributed by atoms with Gasteiger partial charge in [0.2, 0.25) is 0 Å². The molecule has 2 aromatic rings. The van der Waals surface area contributed by atoms with Crippen LogP contribution in [0.15, 0.2) is 42.5 Å². The number of anilines is 1. The fraction of sp³-hybridized carbons (Fsp3) is 0.188. The van der Waals surface area contributed by atoms with Crippen LogP contribution in [0, 0.1) is 28.4 Å². The predicted octanol–water partition coefficient (Wildman–Crippen LogP) is 3.27. The first-order chi connectivity index (χ1) is 10.6. The zero-order valence-corrected chi connectivity index (χ0v) is 12.1. The second-order valence-corrected chi connectivity index (χ2v) is 4.69. The van der Waals surface area contributed by atoms with Gasteiger partial charge in [0.05, 0.1) is 16.6 Å². The normalized spacial score (nSPS) is 9.82. The molecule has 0 aliphatic rings. The fourth-order valence-electron chi connectivity index (χ4n) is 1.92. The number of ether oxygens (including phenoxy) is 1. The standard InChI is InChI=1S/C16H15N3O3/c1-12-2-7-15(16(10-12)19(20)21)18-8-9-22-14-5-3-13(11-17)4-6-14/h2-7,10,18H,8-9H2,1H3. The second kappa shape index (κ2) is 7.09. The van der Waals surface area contributed by atoms with Crippen molar-refractivity contribution in [2.45, 2.75) is 6.92 Å². The van der Waals surface area contributed by atoms with Crippen LogP contribution in [0.5, 0.6) is 5.75 Å². The Bertz CT molecular complexity index is 706. The van der Waals surface area contributed by atoms with E-state index < -0.39 is 4.92 Å². The molecule has 0 bridgehead atoms. The Labute approximate surface area is 128 Å². The van der Waals surface area contributed by atoms with Gasteiger partial charge >= 0.3 is 0 Å². The third-order valence-electron chi connectivity index (χ3n) is 3.02. The van der Waals surface area contributed by atoms with E-state index in [1.165, 1.54) is 6.07 Å². The van der Waals surface area contributed by atoms with Crippen LogP contribution < -0.4 is 10.1 Å². The zero-order chi connectivity index (χ0) is 15.9. The van der Waals surface area contributed by atoms with Gasteiger partial charge in [-0.1, -0.05) is 6.07 Å². The lowest BCUT2D eigenvalue weighted by Gasteiger charge is -2.09. The van der Waals surface area contributed by atoms with E-state index in [4.69, 9.17) is 10.00 Å². The van der Waals surface area contributed by atoms with Gasteiger partial charge in [-0.15, -0.1) is 0 Å². The molecule has 0 aromatic heterocycles. The summed E-state index contributed by atoms with van der Waals surface area (Å²) in [5, 5.41) is 22.7. The lowest BCUT2D eigenvalue weighted by molar-refractivity contribution is -0.384. The minimum Gasteiger partial charge on any atom is -0.492 e. The van der Waals surface area contributed by atoms with Crippen molar-refractivity contribution in [3.8, 4) is 11.8 Å². The summed E-state index contributed by atoms with van der Waals surface area (Å²) in [7, 11) is 0. The van der Waals surface area contributed by atoms with E-state index in [-0.39, 0.29) is 5.69 Å². The molecular weight excluding hydrogens is 282 g/mol. The number of nitrogens with one attached hydrogen (secondary N) is 1. The number of nitro groups is 1. The highest BCUT2D eigenvalue weighted by Crippen LogP contribution is 2.25. The van der Waals surface area contributed by atoms with E-state index in [0.29, 0.717) is 30.2 Å². The first-order valence-corrected chi connectivity index (χ1v) is 6.72. The van der Waals surface area contributed by atoms with E-state index in [9.17, 15) is 10.1 Å². The number of rotatable bonds is 6. The maximum atomic E-state index is 11.0. The summed E-state index contributed by atoms with van der Waals surface area (Å²) in [6.45, 7) is 2.60. The van der Waals surface area contributed by atoms with E-state index in [1.54, 1.807) is 30.3 Å². The number of hydrogen-bond donors (Lipinski definition) is 1. The molecule has 0 saturated heterocycles. The second-order valence-electron chi connectivity index (χ2n) is 4.69. The summed E-state index contributed by atoms with van der Waals surface area (Å²) in [4.78, 5) is 10.6. The molecule has 0 fully saturated rings. The average molecular weight is 297 g/mol. The Kier molecular flexibility index (Phi) is 4.94. The lowest BCUT2D eigenvalue weighted by Crippen LogP contribution is -2.12. The summed E-state index contributed by atoms with van der Waals surface area (Å²) in [5.74, 6) is 0.652. The van der Waals surface area contributed by atoms with Gasteiger partial charge in [-0.3, -0.25) is 10.1 Å². The first kappa shape index (κ1) is 15.3. The number of nitrogens with zero attached hydrogens (tertiary/aromatic N) is 2. The third-order valence-corrected chi connectivity index (χ3v) is 3.02. The van der Waals surface area contributed by atoms with Crippen LogP contribution in [0.1, 0.15) is 11.1 Å². The quantitative estimate of drug-likeness (QED) is 0.502. The maximum absolute atomic E-state index is 11.0. The maximum Gasteiger partial charge on any atom is 0.292 e. The molecule has 1 N–H and O–H groups in total. The highest BCUT2D eigenvalue weighted by molar-refractivity contribution is 5.62. The molecule has 0 saturated carbocycles. The van der Waals surface area contributed by atoms with Gasteiger partial charge in [0.1, 0.15) is 18.0 Å². The van der Waals surface area contributed by atoms with Gasteiger partial charge in [0.15, 0.2) is 0 Å². The number of benzene rings is 2. The predicted molar refractivity (Wildman–Crippen MR) is 83.0 cm³/mol. The number of nitriles is 1. The van der Waals surface area contributed by atoms with Crippen molar-refractivity contribution in [1.82, 2.24) is 0 Å². The van der Waals surface area contributed by atoms with Crippen molar-refractivity contribution in [3.63, 3.8) is 0 Å². The molecule has 0 spiro atoms. The Balaban J connectivity index is 1.88. The van der Waals surface area contributed by atoms with Crippen LogP contribution in [-0.2, 0) is 0 Å². The lowest BCUT2D eigenvalue weighted by atomic mass is 10.2. The zero-order valence-electron chi connectivity index (χ0n) is 12.1. The molecule has 0 heterocycles. The molecule has 0 aliphatic heterocycles. The molecule has 0 unspecified atom stereocenters. The summed E-state index contributed by atoms with van der Waals surface area (Å²) in [5.41, 5.74) is 1.93. The van der Waals surface area contributed by atoms with Gasteiger partial charge in [-0.25, -0.2) is 0 Å². The molecule has 22 heavy (non-hydrogen) atoms. The van der Waals surface area contributed by atoms with Crippen LogP contribution in [-0.4, -0.2) is 18.1 Å². The molecule has 0 aliphatic carbocycles. The van der Waals surface area contributed by atoms with Crippen LogP contribution in [0.3, 0.4) is 0 Å². The largest absolute Gasteiger partial charge is 0.492 e. The molecular formula is C16H15N3O3. The molecule has 0 amide bonds. The summed E-state index contributed by atoms with van der Waals surface area (Å²) in [6, 6.07) is 13.8. The highest BCUT2D eigenvalue weighted by atomic mass is 16.6. The van der Waals surface area contributed by atoms with Crippen LogP contribution in [0.25, 0.3) is 0 Å². The van der Waals surface area contributed by atoms with Crippen molar-refractivity contribution >= 4 is 11.4 Å². The van der Waals surface area contributed by atoms with Gasteiger partial charge in [0.25, 0.3) is 5.69 Å². The van der Waals surface area contributed by atoms with Gasteiger partial charge < -0.3 is 10.1 Å². The minimum atomic E-state index is -0.406. The molecule has 2 rings (SSSR count). The monoisotopic (exact) mass is 297 g/mol. The van der Waals surface area contributed by atoms with Gasteiger partial charge in [-0.05, 0) is 42.8 Å². The molecule has 2 aromatic carbocycles. The van der Waals surface area contributed by atoms with E-state index in [0.717, 1.165) is 5.56 Å². The van der Waals surface area contributed by atoms with E-state index >= 15 is 0 Å². The molecule has 112 valence electrons. The Morgan fingerprint density at radius 2 is 2.00 bits per heavy atom. The molecule has 6 heteroatoms. The Morgan fingerprint density at radius 3 is 2.64 bits per heavy atom. The van der Waals surface area contributed by atoms with Gasteiger partial charge in [-0.2, -0.15) is 5.26 Å². The number of hydrogen-bond acceptors (Lipinski definition) is 5. The van der Waals surface area contributed by atoms with Gasteiger partial charge in [0, 0.05) is 12.6 Å². The summed E-state index contributed by atoms with van der Waals surface area (Å²) >= 11 is 0. The Morgan fingerprint density at radius 1 is 1.27 bits per heavy atom. The molecule has 0 atom stereocenters. The molecule has 0 radical (unpaired) electrons. The van der Waals surface area contributed by atoms with Crippen molar-refractivity contribution in [2.24, 2.45) is 0 Å². The topological polar surface area (TPSA) is 88.2 Å². The summed E-state index contributed by atoms with van der Waals surface area (Å²) < 4.78 is 5.51. The smallest absolute Gasteiger partial charge is 0.292 e. The first-order valence-electron chi connectivity index (χ1n) is 6.72. The minimum absolute atomic E-state index is 0.0540. The van der Waals surface area contributed by atoms with Crippen molar-refractivity contribution < 1.29 is 9.66 Å². The van der Waals surface area contributed by atoms with Crippen molar-refractivity contribution in [3.05, 3.63) is 63.7 Å².